The molecule has 8 heteroatoms. The molecule has 36 heavy (non-hydrogen) atoms. The average Bonchev–Trinajstić information content (AvgIpc) is 2.91. The van der Waals surface area contributed by atoms with Gasteiger partial charge in [-0.2, -0.15) is 0 Å². The molecule has 4 heterocycles. The molecule has 0 radical (unpaired) electrons. The van der Waals surface area contributed by atoms with Crippen molar-refractivity contribution in [3.8, 4) is 5.75 Å². The third-order valence-electron chi connectivity index (χ3n) is 6.90. The summed E-state index contributed by atoms with van der Waals surface area (Å²) in [7, 11) is 1.35. The van der Waals surface area contributed by atoms with Gasteiger partial charge in [0.25, 0.3) is 5.91 Å². The molecule has 2 aliphatic rings. The number of amides is 1. The summed E-state index contributed by atoms with van der Waals surface area (Å²) < 4.78 is 16.8. The van der Waals surface area contributed by atoms with Gasteiger partial charge in [-0.05, 0) is 48.9 Å². The number of para-hydroxylation sites is 2. The number of benzene rings is 2. The molecule has 2 aromatic heterocycles. The number of anilines is 3. The number of carbonyl (C=O) groups is 1. The first kappa shape index (κ1) is 22.2. The Kier molecular flexibility index (Phi) is 5.36. The molecule has 6 rings (SSSR count). The first-order valence-electron chi connectivity index (χ1n) is 12.0. The second-order valence-corrected chi connectivity index (χ2v) is 8.98. The smallest absolute Gasteiger partial charge is 0.352 e. The lowest BCUT2D eigenvalue weighted by molar-refractivity contribution is 0.0984. The van der Waals surface area contributed by atoms with E-state index in [1.54, 1.807) is 4.90 Å². The quantitative estimate of drug-likeness (QED) is 0.425. The largest absolute Gasteiger partial charge is 0.495 e. The van der Waals surface area contributed by atoms with Gasteiger partial charge in [-0.25, -0.2) is 9.59 Å². The highest BCUT2D eigenvalue weighted by Crippen LogP contribution is 2.39. The van der Waals surface area contributed by atoms with Gasteiger partial charge in [0.1, 0.15) is 16.7 Å². The van der Waals surface area contributed by atoms with Gasteiger partial charge < -0.3 is 23.4 Å². The van der Waals surface area contributed by atoms with Crippen molar-refractivity contribution in [3.05, 3.63) is 92.1 Å². The summed E-state index contributed by atoms with van der Waals surface area (Å²) in [5.74, 6) is -0.317. The van der Waals surface area contributed by atoms with Crippen LogP contribution in [0.3, 0.4) is 0 Å². The van der Waals surface area contributed by atoms with Gasteiger partial charge in [-0.1, -0.05) is 36.4 Å². The lowest BCUT2D eigenvalue weighted by atomic mass is 9.99. The normalized spacial score (nSPS) is 14.9. The number of aryl methyl sites for hydroxylation is 2. The zero-order valence-corrected chi connectivity index (χ0v) is 19.8. The van der Waals surface area contributed by atoms with E-state index in [0.29, 0.717) is 13.1 Å². The second-order valence-electron chi connectivity index (χ2n) is 8.98. The molecule has 2 aromatic carbocycles. The fourth-order valence-electron chi connectivity index (χ4n) is 5.29. The van der Waals surface area contributed by atoms with Gasteiger partial charge in [0.15, 0.2) is 5.58 Å². The van der Waals surface area contributed by atoms with Crippen molar-refractivity contribution in [1.82, 2.24) is 0 Å². The number of hydrogen-bond acceptors (Lipinski definition) is 7. The van der Waals surface area contributed by atoms with Crippen LogP contribution < -0.4 is 25.8 Å². The minimum atomic E-state index is -0.737. The monoisotopic (exact) mass is 484 g/mol. The molecule has 0 spiro atoms. The predicted molar refractivity (Wildman–Crippen MR) is 136 cm³/mol. The molecule has 0 unspecified atom stereocenters. The number of carbonyl (C=O) groups excluding carboxylic acids is 1. The van der Waals surface area contributed by atoms with Crippen molar-refractivity contribution >= 4 is 34.1 Å². The van der Waals surface area contributed by atoms with Crippen LogP contribution in [0.1, 0.15) is 34.3 Å². The number of fused-ring (bicyclic) bond motifs is 3. The second kappa shape index (κ2) is 8.71. The third kappa shape index (κ3) is 3.48. The topological polar surface area (TPSA) is 93.2 Å². The van der Waals surface area contributed by atoms with Crippen LogP contribution >= 0.6 is 0 Å². The van der Waals surface area contributed by atoms with E-state index in [4.69, 9.17) is 13.6 Å². The Morgan fingerprint density at radius 3 is 2.31 bits per heavy atom. The zero-order valence-electron chi connectivity index (χ0n) is 19.8. The number of nitrogens with zero attached hydrogens (tertiary/aromatic N) is 2. The Morgan fingerprint density at radius 2 is 1.56 bits per heavy atom. The van der Waals surface area contributed by atoms with Crippen LogP contribution in [0.15, 0.2) is 73.0 Å². The Morgan fingerprint density at radius 1 is 0.889 bits per heavy atom. The number of methoxy groups -OCH3 is 1. The van der Waals surface area contributed by atoms with E-state index in [0.717, 1.165) is 54.3 Å². The lowest BCUT2D eigenvalue weighted by Crippen LogP contribution is -2.37. The van der Waals surface area contributed by atoms with E-state index < -0.39 is 17.2 Å². The molecule has 0 N–H and O–H groups in total. The molecule has 0 saturated heterocycles. The predicted octanol–water partition coefficient (Wildman–Crippen LogP) is 4.43. The van der Waals surface area contributed by atoms with Crippen LogP contribution in [-0.4, -0.2) is 26.1 Å². The van der Waals surface area contributed by atoms with Crippen LogP contribution in [0.5, 0.6) is 5.75 Å². The fourth-order valence-corrected chi connectivity index (χ4v) is 5.29. The molecule has 1 amide bonds. The Labute approximate surface area is 206 Å². The maximum atomic E-state index is 14.3. The average molecular weight is 485 g/mol. The first-order valence-corrected chi connectivity index (χ1v) is 12.0. The molecular weight excluding hydrogens is 460 g/mol. The summed E-state index contributed by atoms with van der Waals surface area (Å²) in [6, 6.07) is 16.6. The van der Waals surface area contributed by atoms with Crippen molar-refractivity contribution < 1.29 is 18.4 Å². The molecule has 0 bridgehead atoms. The van der Waals surface area contributed by atoms with Gasteiger partial charge in [-0.15, -0.1) is 0 Å². The number of ether oxygens (including phenoxy) is 1. The first-order chi connectivity index (χ1) is 17.6. The van der Waals surface area contributed by atoms with Crippen molar-refractivity contribution in [3.63, 3.8) is 0 Å². The minimum absolute atomic E-state index is 0.00805. The van der Waals surface area contributed by atoms with Crippen LogP contribution in [0.4, 0.5) is 17.3 Å². The summed E-state index contributed by atoms with van der Waals surface area (Å²) >= 11 is 0. The molecule has 8 nitrogen and oxygen atoms in total. The molecule has 4 aromatic rings. The molecule has 0 saturated carbocycles. The highest BCUT2D eigenvalue weighted by Gasteiger charge is 2.34. The Bertz CT molecular complexity index is 1620. The summed E-state index contributed by atoms with van der Waals surface area (Å²) in [6.45, 7) is 1.03. The van der Waals surface area contributed by atoms with Gasteiger partial charge in [0, 0.05) is 24.5 Å². The Balaban J connectivity index is 1.65. The highest BCUT2D eigenvalue weighted by atomic mass is 16.5. The highest BCUT2D eigenvalue weighted by molar-refractivity contribution is 6.16. The van der Waals surface area contributed by atoms with E-state index in [-0.39, 0.29) is 28.2 Å². The SMILES string of the molecule is COc1cc(=O)oc2c(C(=O)N3CCCc4ccccc43)c(N3CCCc4ccccc43)oc(=O)c12. The fraction of sp³-hybridized carbons (Fsp3) is 0.250. The summed E-state index contributed by atoms with van der Waals surface area (Å²) in [6.07, 6.45) is 3.32. The minimum Gasteiger partial charge on any atom is -0.495 e. The van der Waals surface area contributed by atoms with Crippen LogP contribution in [0.25, 0.3) is 11.0 Å². The van der Waals surface area contributed by atoms with Crippen molar-refractivity contribution in [2.45, 2.75) is 25.7 Å². The third-order valence-corrected chi connectivity index (χ3v) is 6.90. The van der Waals surface area contributed by atoms with Crippen molar-refractivity contribution in [2.24, 2.45) is 0 Å². The molecule has 0 atom stereocenters. The standard InChI is InChI=1S/C28H24N2O6/c1-34-21-16-22(31)35-25-23(21)28(33)36-27(30-15-7-11-18-9-3-5-13-20(18)30)24(25)26(32)29-14-6-10-17-8-2-4-12-19(17)29/h2-5,8-9,12-13,16H,6-7,10-11,14-15H2,1H3. The van der Waals surface area contributed by atoms with E-state index in [2.05, 4.69) is 0 Å². The van der Waals surface area contributed by atoms with Gasteiger partial charge in [0.2, 0.25) is 5.88 Å². The molecule has 0 aliphatic carbocycles. The van der Waals surface area contributed by atoms with E-state index in [9.17, 15) is 14.4 Å². The van der Waals surface area contributed by atoms with Crippen LogP contribution in [0.2, 0.25) is 0 Å². The van der Waals surface area contributed by atoms with Crippen molar-refractivity contribution in [1.29, 1.82) is 0 Å². The van der Waals surface area contributed by atoms with Gasteiger partial charge >= 0.3 is 11.3 Å². The van der Waals surface area contributed by atoms with Gasteiger partial charge in [0.05, 0.1) is 13.2 Å². The lowest BCUT2D eigenvalue weighted by Gasteiger charge is -2.33. The van der Waals surface area contributed by atoms with Gasteiger partial charge in [-0.3, -0.25) is 4.79 Å². The van der Waals surface area contributed by atoms with E-state index in [1.165, 1.54) is 7.11 Å². The Hall–Kier alpha value is -4.33. The summed E-state index contributed by atoms with van der Waals surface area (Å²) in [4.78, 5) is 43.5. The maximum Gasteiger partial charge on any atom is 0.352 e. The maximum absolute atomic E-state index is 14.3. The van der Waals surface area contributed by atoms with Crippen molar-refractivity contribution in [2.75, 3.05) is 30.0 Å². The summed E-state index contributed by atoms with van der Waals surface area (Å²) in [5.41, 5.74) is 2.24. The van der Waals surface area contributed by atoms with E-state index >= 15 is 0 Å². The summed E-state index contributed by atoms with van der Waals surface area (Å²) in [5, 5.41) is -0.0696. The molecule has 0 fully saturated rings. The van der Waals surface area contributed by atoms with Crippen LogP contribution in [-0.2, 0) is 12.8 Å². The number of rotatable bonds is 3. The van der Waals surface area contributed by atoms with E-state index in [1.807, 2.05) is 53.4 Å². The zero-order chi connectivity index (χ0) is 24.8. The number of hydrogen-bond donors (Lipinski definition) is 0. The molecule has 2 aliphatic heterocycles. The molecule has 182 valence electrons. The molecular formula is C28H24N2O6. The van der Waals surface area contributed by atoms with Crippen LogP contribution in [0, 0.1) is 0 Å².